The van der Waals surface area contributed by atoms with E-state index in [0.717, 1.165) is 12.8 Å². The van der Waals surface area contributed by atoms with Crippen LogP contribution in [-0.2, 0) is 6.42 Å². The summed E-state index contributed by atoms with van der Waals surface area (Å²) in [7, 11) is 0. The molecule has 0 aliphatic carbocycles. The molecule has 0 amide bonds. The molecule has 0 aromatic heterocycles. The molecule has 0 bridgehead atoms. The lowest BCUT2D eigenvalue weighted by molar-refractivity contribution is 0.324. The number of benzene rings is 1. The summed E-state index contributed by atoms with van der Waals surface area (Å²) in [6.45, 7) is 4.00. The Bertz CT molecular complexity index is 395. The topological polar surface area (TPSA) is 0 Å². The summed E-state index contributed by atoms with van der Waals surface area (Å²) in [5.41, 5.74) is -0.144. The molecule has 0 nitrogen and oxygen atoms in total. The van der Waals surface area contributed by atoms with E-state index in [2.05, 4.69) is 15.9 Å². The van der Waals surface area contributed by atoms with Gasteiger partial charge in [-0.25, -0.2) is 8.78 Å². The van der Waals surface area contributed by atoms with E-state index in [9.17, 15) is 8.78 Å². The molecule has 1 aromatic carbocycles. The lowest BCUT2D eigenvalue weighted by atomic mass is 9.81. The van der Waals surface area contributed by atoms with Gasteiger partial charge in [0.1, 0.15) is 11.6 Å². The second-order valence-corrected chi connectivity index (χ2v) is 5.81. The van der Waals surface area contributed by atoms with Crippen LogP contribution < -0.4 is 0 Å². The van der Waals surface area contributed by atoms with Crippen molar-refractivity contribution in [2.24, 2.45) is 5.41 Å². The predicted molar refractivity (Wildman–Crippen MR) is 71.5 cm³/mol. The fourth-order valence-corrected chi connectivity index (χ4v) is 2.56. The number of halogens is 4. The average Bonchev–Trinajstić information content (AvgIpc) is 2.30. The zero-order valence-corrected chi connectivity index (χ0v) is 12.3. The third kappa shape index (κ3) is 3.65. The Labute approximate surface area is 114 Å². The second kappa shape index (κ2) is 6.14. The molecular formula is C13H16BrClF2. The number of hydrogen-bond donors (Lipinski definition) is 0. The van der Waals surface area contributed by atoms with Crippen LogP contribution in [0.5, 0.6) is 0 Å². The molecule has 0 aliphatic rings. The molecule has 0 aliphatic heterocycles. The molecule has 4 heteroatoms. The van der Waals surface area contributed by atoms with Crippen molar-refractivity contribution in [3.05, 3.63) is 33.8 Å². The Kier molecular flexibility index (Phi) is 5.39. The highest BCUT2D eigenvalue weighted by molar-refractivity contribution is 9.10. The summed E-state index contributed by atoms with van der Waals surface area (Å²) in [4.78, 5) is 0. The first-order valence-electron chi connectivity index (χ1n) is 5.62. The molecule has 0 saturated carbocycles. The zero-order valence-electron chi connectivity index (χ0n) is 9.99. The minimum atomic E-state index is -0.516. The Hall–Kier alpha value is -0.150. The van der Waals surface area contributed by atoms with Crippen molar-refractivity contribution in [3.8, 4) is 0 Å². The normalized spacial score (nSPS) is 14.7. The number of hydrogen-bond acceptors (Lipinski definition) is 0. The van der Waals surface area contributed by atoms with Gasteiger partial charge in [0.05, 0.1) is 4.47 Å². The van der Waals surface area contributed by atoms with E-state index in [1.807, 2.05) is 13.8 Å². The summed E-state index contributed by atoms with van der Waals surface area (Å²) in [6.07, 6.45) is 2.11. The summed E-state index contributed by atoms with van der Waals surface area (Å²) >= 11 is 9.00. The second-order valence-electron chi connectivity index (χ2n) is 4.69. The van der Waals surface area contributed by atoms with E-state index in [0.29, 0.717) is 16.8 Å². The maximum atomic E-state index is 13.8. The lowest BCUT2D eigenvalue weighted by Crippen LogP contribution is -2.23. The van der Waals surface area contributed by atoms with Gasteiger partial charge in [0.2, 0.25) is 0 Å². The van der Waals surface area contributed by atoms with Crippen molar-refractivity contribution in [2.45, 2.75) is 33.1 Å². The molecule has 0 spiro atoms. The summed E-state index contributed by atoms with van der Waals surface area (Å²) < 4.78 is 27.8. The van der Waals surface area contributed by atoms with Gasteiger partial charge >= 0.3 is 0 Å². The van der Waals surface area contributed by atoms with Crippen molar-refractivity contribution < 1.29 is 8.78 Å². The molecular weight excluding hydrogens is 309 g/mol. The molecule has 1 unspecified atom stereocenters. The molecule has 1 rings (SSSR count). The van der Waals surface area contributed by atoms with Crippen molar-refractivity contribution in [1.29, 1.82) is 0 Å². The quantitative estimate of drug-likeness (QED) is 0.508. The number of rotatable bonds is 5. The first kappa shape index (κ1) is 14.9. The van der Waals surface area contributed by atoms with Crippen LogP contribution in [0.2, 0.25) is 0 Å². The van der Waals surface area contributed by atoms with E-state index >= 15 is 0 Å². The predicted octanol–water partition coefficient (Wildman–Crippen LogP) is 5.32. The summed E-state index contributed by atoms with van der Waals surface area (Å²) in [5.74, 6) is -0.623. The van der Waals surface area contributed by atoms with Crippen molar-refractivity contribution in [2.75, 3.05) is 5.88 Å². The molecule has 1 aromatic rings. The van der Waals surface area contributed by atoms with Gasteiger partial charge in [-0.05, 0) is 46.3 Å². The van der Waals surface area contributed by atoms with E-state index in [1.165, 1.54) is 12.1 Å². The minimum Gasteiger partial charge on any atom is -0.207 e. The van der Waals surface area contributed by atoms with E-state index < -0.39 is 11.6 Å². The van der Waals surface area contributed by atoms with Crippen molar-refractivity contribution >= 4 is 27.5 Å². The van der Waals surface area contributed by atoms with Crippen LogP contribution in [-0.4, -0.2) is 5.88 Å². The van der Waals surface area contributed by atoms with Crippen LogP contribution in [0.3, 0.4) is 0 Å². The zero-order chi connectivity index (χ0) is 13.1. The molecule has 96 valence electrons. The highest BCUT2D eigenvalue weighted by Crippen LogP contribution is 2.33. The van der Waals surface area contributed by atoms with Gasteiger partial charge in [-0.2, -0.15) is 0 Å². The van der Waals surface area contributed by atoms with Gasteiger partial charge in [-0.3, -0.25) is 0 Å². The van der Waals surface area contributed by atoms with E-state index in [-0.39, 0.29) is 11.0 Å². The average molecular weight is 326 g/mol. The van der Waals surface area contributed by atoms with Crippen LogP contribution >= 0.6 is 27.5 Å². The van der Waals surface area contributed by atoms with Gasteiger partial charge in [0.25, 0.3) is 0 Å². The van der Waals surface area contributed by atoms with Gasteiger partial charge in [-0.15, -0.1) is 11.6 Å². The Balaban J connectivity index is 3.05. The molecule has 0 heterocycles. The van der Waals surface area contributed by atoms with Crippen LogP contribution in [0, 0.1) is 17.0 Å². The third-order valence-corrected chi connectivity index (χ3v) is 4.18. The molecule has 0 radical (unpaired) electrons. The monoisotopic (exact) mass is 324 g/mol. The molecule has 0 fully saturated rings. The van der Waals surface area contributed by atoms with Crippen LogP contribution in [0.1, 0.15) is 32.3 Å². The highest BCUT2D eigenvalue weighted by Gasteiger charge is 2.26. The SMILES string of the molecule is CCCC(C)(CCl)Cc1c(F)ccc(Br)c1F. The van der Waals surface area contributed by atoms with E-state index in [4.69, 9.17) is 11.6 Å². The van der Waals surface area contributed by atoms with Gasteiger partial charge in [0.15, 0.2) is 0 Å². The lowest BCUT2D eigenvalue weighted by Gasteiger charge is -2.27. The Morgan fingerprint density at radius 2 is 2.00 bits per heavy atom. The highest BCUT2D eigenvalue weighted by atomic mass is 79.9. The largest absolute Gasteiger partial charge is 0.207 e. The maximum absolute atomic E-state index is 13.8. The smallest absolute Gasteiger partial charge is 0.143 e. The minimum absolute atomic E-state index is 0.121. The van der Waals surface area contributed by atoms with Crippen LogP contribution in [0.15, 0.2) is 16.6 Å². The van der Waals surface area contributed by atoms with Crippen molar-refractivity contribution in [3.63, 3.8) is 0 Å². The van der Waals surface area contributed by atoms with Crippen LogP contribution in [0.25, 0.3) is 0 Å². The fourth-order valence-electron chi connectivity index (χ4n) is 1.96. The van der Waals surface area contributed by atoms with Gasteiger partial charge < -0.3 is 0 Å². The number of alkyl halides is 1. The Morgan fingerprint density at radius 1 is 1.35 bits per heavy atom. The third-order valence-electron chi connectivity index (χ3n) is 2.92. The molecule has 1 atom stereocenters. The summed E-state index contributed by atoms with van der Waals surface area (Å²) in [6, 6.07) is 2.66. The summed E-state index contributed by atoms with van der Waals surface area (Å²) in [5, 5.41) is 0. The Morgan fingerprint density at radius 3 is 2.53 bits per heavy atom. The van der Waals surface area contributed by atoms with E-state index in [1.54, 1.807) is 0 Å². The molecule has 0 N–H and O–H groups in total. The molecule has 0 saturated heterocycles. The first-order valence-corrected chi connectivity index (χ1v) is 6.94. The fraction of sp³-hybridized carbons (Fsp3) is 0.538. The van der Waals surface area contributed by atoms with Gasteiger partial charge in [0, 0.05) is 11.4 Å². The maximum Gasteiger partial charge on any atom is 0.143 e. The first-order chi connectivity index (χ1) is 7.93. The molecule has 17 heavy (non-hydrogen) atoms. The standard InChI is InChI=1S/C13H16BrClF2/c1-3-6-13(2,8-15)7-9-11(16)5-4-10(14)12(9)17/h4-5H,3,6-8H2,1-2H3. The van der Waals surface area contributed by atoms with Crippen LogP contribution in [0.4, 0.5) is 8.78 Å². The van der Waals surface area contributed by atoms with Crippen molar-refractivity contribution in [1.82, 2.24) is 0 Å². The van der Waals surface area contributed by atoms with Gasteiger partial charge in [-0.1, -0.05) is 20.3 Å².